The van der Waals surface area contributed by atoms with Crippen LogP contribution >= 0.6 is 0 Å². The van der Waals surface area contributed by atoms with E-state index in [1.54, 1.807) is 0 Å². The average molecular weight is 214 g/mol. The topological polar surface area (TPSA) is 0 Å². The van der Waals surface area contributed by atoms with Gasteiger partial charge in [0.1, 0.15) is 0 Å². The van der Waals surface area contributed by atoms with Crippen molar-refractivity contribution in [3.05, 3.63) is 6.92 Å². The minimum Gasteiger partial charge on any atom is -0.0654 e. The van der Waals surface area contributed by atoms with Crippen LogP contribution < -0.4 is 0 Å². The van der Waals surface area contributed by atoms with Gasteiger partial charge in [0, 0.05) is 20.2 Å². The summed E-state index contributed by atoms with van der Waals surface area (Å²) in [6.07, 6.45) is 15.4. The molecule has 0 heterocycles. The second-order valence-electron chi connectivity index (χ2n) is 4.04. The first kappa shape index (κ1) is 16.9. The van der Waals surface area contributed by atoms with E-state index in [9.17, 15) is 0 Å². The van der Waals surface area contributed by atoms with E-state index in [-0.39, 0.29) is 20.2 Å². The van der Waals surface area contributed by atoms with Crippen LogP contribution in [-0.4, -0.2) is 17.4 Å². The molecule has 0 fully saturated rings. The zero-order valence-electron chi connectivity index (χ0n) is 10.1. The van der Waals surface area contributed by atoms with Gasteiger partial charge in [-0.3, -0.25) is 0 Å². The molecule has 0 saturated heterocycles. The summed E-state index contributed by atoms with van der Waals surface area (Å²) >= 11 is 0. The van der Waals surface area contributed by atoms with Crippen LogP contribution in [0.15, 0.2) is 0 Å². The van der Waals surface area contributed by atoms with Crippen LogP contribution in [0, 0.1) is 6.92 Å². The Hall–Kier alpha value is 0.532. The Morgan fingerprint density at radius 2 is 1.07 bits per heavy atom. The predicted molar refractivity (Wildman–Crippen MR) is 71.8 cm³/mol. The SMILES string of the molecule is [Al].[CH2]CCCCCCCCCCCC.[HH].[HH]. The van der Waals surface area contributed by atoms with Crippen molar-refractivity contribution in [3.8, 4) is 0 Å². The first-order chi connectivity index (χ1) is 6.41. The maximum Gasteiger partial charge on any atom is 0 e. The van der Waals surface area contributed by atoms with Crippen molar-refractivity contribution < 1.29 is 2.85 Å². The molecule has 0 bridgehead atoms. The molecule has 0 spiro atoms. The Balaban J connectivity index is -0.000000240. The summed E-state index contributed by atoms with van der Waals surface area (Å²) in [5.74, 6) is 0. The maximum absolute atomic E-state index is 3.85. The molecule has 0 saturated carbocycles. The van der Waals surface area contributed by atoms with Crippen molar-refractivity contribution in [1.29, 1.82) is 0 Å². The molecule has 0 aromatic rings. The van der Waals surface area contributed by atoms with E-state index in [2.05, 4.69) is 13.8 Å². The molecule has 1 heteroatoms. The molecule has 0 rings (SSSR count). The van der Waals surface area contributed by atoms with Crippen LogP contribution in [0.1, 0.15) is 80.4 Å². The molecule has 0 aliphatic carbocycles. The summed E-state index contributed by atoms with van der Waals surface area (Å²) in [7, 11) is 0. The summed E-state index contributed by atoms with van der Waals surface area (Å²) in [4.78, 5) is 0. The van der Waals surface area contributed by atoms with Crippen molar-refractivity contribution in [2.45, 2.75) is 77.6 Å². The van der Waals surface area contributed by atoms with Crippen molar-refractivity contribution in [2.24, 2.45) is 0 Å². The highest BCUT2D eigenvalue weighted by Crippen LogP contribution is 2.10. The Morgan fingerprint density at radius 1 is 0.714 bits per heavy atom. The van der Waals surface area contributed by atoms with E-state index in [0.717, 1.165) is 6.42 Å². The van der Waals surface area contributed by atoms with E-state index < -0.39 is 0 Å². The quantitative estimate of drug-likeness (QED) is 0.344. The first-order valence-corrected chi connectivity index (χ1v) is 6.21. The molecular weight excluding hydrogens is 183 g/mol. The highest BCUT2D eigenvalue weighted by Gasteiger charge is 1.90. The number of hydrogen-bond donors (Lipinski definition) is 0. The van der Waals surface area contributed by atoms with E-state index in [1.807, 2.05) is 0 Å². The number of hydrogen-bond acceptors (Lipinski definition) is 0. The fourth-order valence-corrected chi connectivity index (χ4v) is 1.66. The van der Waals surface area contributed by atoms with Gasteiger partial charge in [-0.05, 0) is 0 Å². The van der Waals surface area contributed by atoms with Gasteiger partial charge >= 0.3 is 0 Å². The molecule has 0 atom stereocenters. The normalized spacial score (nSPS) is 9.86. The molecule has 0 aliphatic rings. The highest BCUT2D eigenvalue weighted by molar-refractivity contribution is 5.75. The highest BCUT2D eigenvalue weighted by atomic mass is 27.0. The minimum atomic E-state index is 0. The number of rotatable bonds is 10. The molecule has 86 valence electrons. The van der Waals surface area contributed by atoms with E-state index in [4.69, 9.17) is 0 Å². The lowest BCUT2D eigenvalue weighted by molar-refractivity contribution is 0.557. The van der Waals surface area contributed by atoms with Crippen molar-refractivity contribution in [1.82, 2.24) is 0 Å². The number of unbranched alkanes of at least 4 members (excludes halogenated alkanes) is 10. The Bertz CT molecular complexity index is 80.0. The van der Waals surface area contributed by atoms with Gasteiger partial charge in [0.15, 0.2) is 0 Å². The van der Waals surface area contributed by atoms with Gasteiger partial charge in [0.25, 0.3) is 0 Å². The van der Waals surface area contributed by atoms with Crippen molar-refractivity contribution >= 4 is 17.4 Å². The largest absolute Gasteiger partial charge is 0.0654 e. The average Bonchev–Trinajstić information content (AvgIpc) is 2.16. The van der Waals surface area contributed by atoms with Gasteiger partial charge in [-0.1, -0.05) is 84.5 Å². The Morgan fingerprint density at radius 3 is 1.43 bits per heavy atom. The van der Waals surface area contributed by atoms with Crippen LogP contribution in [0.3, 0.4) is 0 Å². The molecule has 0 aromatic carbocycles. The first-order valence-electron chi connectivity index (χ1n) is 6.21. The molecular formula is C13H31Al. The van der Waals surface area contributed by atoms with Crippen LogP contribution in [0.2, 0.25) is 0 Å². The minimum absolute atomic E-state index is 0. The smallest absolute Gasteiger partial charge is 0 e. The summed E-state index contributed by atoms with van der Waals surface area (Å²) in [5, 5.41) is 0. The molecule has 0 amide bonds. The van der Waals surface area contributed by atoms with Crippen molar-refractivity contribution in [3.63, 3.8) is 0 Å². The van der Waals surface area contributed by atoms with Crippen LogP contribution in [0.4, 0.5) is 0 Å². The molecule has 0 aliphatic heterocycles. The van der Waals surface area contributed by atoms with Gasteiger partial charge in [0.2, 0.25) is 0 Å². The lowest BCUT2D eigenvalue weighted by atomic mass is 10.1. The third-order valence-electron chi connectivity index (χ3n) is 2.60. The fraction of sp³-hybridized carbons (Fsp3) is 0.923. The van der Waals surface area contributed by atoms with Crippen molar-refractivity contribution in [2.75, 3.05) is 0 Å². The predicted octanol–water partition coefficient (Wildman–Crippen LogP) is 5.24. The van der Waals surface area contributed by atoms with Crippen LogP contribution in [0.25, 0.3) is 0 Å². The second kappa shape index (κ2) is 16.0. The maximum atomic E-state index is 3.85. The van der Waals surface area contributed by atoms with E-state index in [0.29, 0.717) is 0 Å². The fourth-order valence-electron chi connectivity index (χ4n) is 1.66. The van der Waals surface area contributed by atoms with Crippen LogP contribution in [0.5, 0.6) is 0 Å². The standard InChI is InChI=1S/C13H27.Al.2H2/c1-3-5-7-9-11-13-12-10-8-6-4-2;;;/h1,3-13H2,2H3;;2*1H. The van der Waals surface area contributed by atoms with Crippen LogP contribution in [-0.2, 0) is 0 Å². The molecule has 4 radical (unpaired) electrons. The summed E-state index contributed by atoms with van der Waals surface area (Å²) in [6.45, 7) is 6.13. The molecule has 0 N–H and O–H groups in total. The second-order valence-corrected chi connectivity index (χ2v) is 4.04. The summed E-state index contributed by atoms with van der Waals surface area (Å²) in [5.41, 5.74) is 0. The summed E-state index contributed by atoms with van der Waals surface area (Å²) < 4.78 is 0. The Labute approximate surface area is 105 Å². The molecule has 0 aromatic heterocycles. The Kier molecular flexibility index (Phi) is 19.3. The monoisotopic (exact) mass is 214 g/mol. The zero-order valence-corrected chi connectivity index (χ0v) is 11.2. The molecule has 0 nitrogen and oxygen atoms in total. The van der Waals surface area contributed by atoms with Gasteiger partial charge in [0.05, 0.1) is 0 Å². The zero-order chi connectivity index (χ0) is 9.78. The van der Waals surface area contributed by atoms with E-state index in [1.165, 1.54) is 64.2 Å². The third-order valence-corrected chi connectivity index (χ3v) is 2.60. The van der Waals surface area contributed by atoms with Gasteiger partial charge in [-0.15, -0.1) is 0 Å². The lowest BCUT2D eigenvalue weighted by Crippen LogP contribution is -1.81. The van der Waals surface area contributed by atoms with Gasteiger partial charge < -0.3 is 0 Å². The molecule has 0 unspecified atom stereocenters. The van der Waals surface area contributed by atoms with Gasteiger partial charge in [-0.2, -0.15) is 0 Å². The lowest BCUT2D eigenvalue weighted by Gasteiger charge is -2.00. The molecule has 14 heavy (non-hydrogen) atoms. The summed E-state index contributed by atoms with van der Waals surface area (Å²) in [6, 6.07) is 0. The third kappa shape index (κ3) is 15.0. The van der Waals surface area contributed by atoms with Gasteiger partial charge in [-0.25, -0.2) is 0 Å². The van der Waals surface area contributed by atoms with E-state index >= 15 is 0 Å².